The van der Waals surface area contributed by atoms with Crippen LogP contribution in [-0.2, 0) is 0 Å². The summed E-state index contributed by atoms with van der Waals surface area (Å²) in [5.74, 6) is 0.0310. The zero-order valence-electron chi connectivity index (χ0n) is 11.3. The molecule has 20 heavy (non-hydrogen) atoms. The number of carbonyl (C=O) groups excluding carboxylic acids is 1. The normalized spacial score (nSPS) is 22.3. The summed E-state index contributed by atoms with van der Waals surface area (Å²) < 4.78 is 13.9. The zero-order valence-corrected chi connectivity index (χ0v) is 13.7. The number of carbonyl (C=O) groups is 1. The molecule has 2 N–H and O–H groups in total. The van der Waals surface area contributed by atoms with Gasteiger partial charge in [0.15, 0.2) is 0 Å². The Bertz CT molecular complexity index is 486. The molecule has 2 atom stereocenters. The molecule has 0 radical (unpaired) electrons. The van der Waals surface area contributed by atoms with Crippen molar-refractivity contribution in [2.75, 3.05) is 13.1 Å². The highest BCUT2D eigenvalue weighted by Crippen LogP contribution is 2.26. The third-order valence-electron chi connectivity index (χ3n) is 3.67. The van der Waals surface area contributed by atoms with E-state index in [1.54, 1.807) is 11.0 Å². The third-order valence-corrected chi connectivity index (χ3v) is 4.36. The van der Waals surface area contributed by atoms with Crippen LogP contribution >= 0.6 is 28.3 Å². The molecule has 1 saturated heterocycles. The molecule has 0 bridgehead atoms. The van der Waals surface area contributed by atoms with Crippen molar-refractivity contribution in [3.05, 3.63) is 34.1 Å². The predicted molar refractivity (Wildman–Crippen MR) is 83.6 cm³/mol. The largest absolute Gasteiger partial charge is 0.334 e. The van der Waals surface area contributed by atoms with Gasteiger partial charge in [-0.25, -0.2) is 4.39 Å². The third kappa shape index (κ3) is 3.71. The maximum Gasteiger partial charge on any atom is 0.255 e. The van der Waals surface area contributed by atoms with E-state index in [1.807, 2.05) is 0 Å². The van der Waals surface area contributed by atoms with Crippen LogP contribution in [0.25, 0.3) is 0 Å². The van der Waals surface area contributed by atoms with Crippen molar-refractivity contribution in [2.45, 2.75) is 25.8 Å². The van der Waals surface area contributed by atoms with E-state index < -0.39 is 5.82 Å². The quantitative estimate of drug-likeness (QED) is 0.875. The van der Waals surface area contributed by atoms with Crippen LogP contribution < -0.4 is 5.73 Å². The van der Waals surface area contributed by atoms with Gasteiger partial charge in [-0.05, 0) is 52.9 Å². The van der Waals surface area contributed by atoms with Gasteiger partial charge in [0.25, 0.3) is 5.91 Å². The average molecular weight is 366 g/mol. The molecule has 1 fully saturated rings. The van der Waals surface area contributed by atoms with E-state index in [0.29, 0.717) is 29.0 Å². The van der Waals surface area contributed by atoms with Gasteiger partial charge in [-0.15, -0.1) is 12.4 Å². The van der Waals surface area contributed by atoms with Gasteiger partial charge in [0.2, 0.25) is 0 Å². The molecule has 1 heterocycles. The molecule has 1 aliphatic heterocycles. The van der Waals surface area contributed by atoms with Gasteiger partial charge in [0.1, 0.15) is 5.82 Å². The number of benzene rings is 1. The van der Waals surface area contributed by atoms with Crippen molar-refractivity contribution in [1.82, 2.24) is 4.90 Å². The van der Waals surface area contributed by atoms with Gasteiger partial charge in [-0.2, -0.15) is 0 Å². The highest BCUT2D eigenvalue weighted by Gasteiger charge is 2.30. The summed E-state index contributed by atoms with van der Waals surface area (Å²) >= 11 is 3.31. The molecule has 1 aliphatic rings. The Morgan fingerprint density at radius 2 is 2.25 bits per heavy atom. The minimum absolute atomic E-state index is 0. The lowest BCUT2D eigenvalue weighted by Crippen LogP contribution is -2.49. The molecule has 0 spiro atoms. The lowest BCUT2D eigenvalue weighted by Gasteiger charge is -2.38. The van der Waals surface area contributed by atoms with Gasteiger partial charge in [-0.3, -0.25) is 4.79 Å². The number of hydrogen-bond acceptors (Lipinski definition) is 2. The smallest absolute Gasteiger partial charge is 0.255 e. The van der Waals surface area contributed by atoms with Gasteiger partial charge in [-0.1, -0.05) is 6.92 Å². The van der Waals surface area contributed by atoms with Crippen LogP contribution in [-0.4, -0.2) is 29.9 Å². The number of rotatable bonds is 2. The Balaban J connectivity index is 0.00000200. The summed E-state index contributed by atoms with van der Waals surface area (Å²) in [4.78, 5) is 14.3. The molecule has 0 aliphatic carbocycles. The molecule has 1 aromatic rings. The minimum atomic E-state index is -0.402. The highest BCUT2D eigenvalue weighted by atomic mass is 79.9. The van der Waals surface area contributed by atoms with Crippen LogP contribution in [0.2, 0.25) is 0 Å². The van der Waals surface area contributed by atoms with E-state index in [-0.39, 0.29) is 24.4 Å². The first-order valence-electron chi connectivity index (χ1n) is 6.49. The number of likely N-dealkylation sites (tertiary alicyclic amines) is 1. The molecule has 2 rings (SSSR count). The summed E-state index contributed by atoms with van der Waals surface area (Å²) in [7, 11) is 0. The second kappa shape index (κ2) is 7.38. The number of hydrogen-bond donors (Lipinski definition) is 1. The van der Waals surface area contributed by atoms with Gasteiger partial charge in [0.05, 0.1) is 5.56 Å². The zero-order chi connectivity index (χ0) is 14.0. The van der Waals surface area contributed by atoms with Crippen LogP contribution in [0.1, 0.15) is 30.1 Å². The van der Waals surface area contributed by atoms with Crippen LogP contribution in [0.5, 0.6) is 0 Å². The molecule has 112 valence electrons. The Kier molecular flexibility index (Phi) is 6.43. The van der Waals surface area contributed by atoms with Crippen LogP contribution in [0, 0.1) is 11.7 Å². The van der Waals surface area contributed by atoms with E-state index in [4.69, 9.17) is 5.73 Å². The first kappa shape index (κ1) is 17.4. The standard InChI is InChI=1S/C14H18BrFN2O.ClH/c1-9-4-5-18(11(6-9)8-17)14(19)12-7-10(16)2-3-13(12)15;/h2-3,7,9,11H,4-6,8,17H2,1H3;1H. The van der Waals surface area contributed by atoms with Crippen molar-refractivity contribution in [3.8, 4) is 0 Å². The Hall–Kier alpha value is -0.650. The summed E-state index contributed by atoms with van der Waals surface area (Å²) in [5.41, 5.74) is 6.13. The van der Waals surface area contributed by atoms with E-state index in [1.165, 1.54) is 12.1 Å². The summed E-state index contributed by atoms with van der Waals surface area (Å²) in [6.07, 6.45) is 1.88. The second-order valence-electron chi connectivity index (χ2n) is 5.14. The van der Waals surface area contributed by atoms with Gasteiger partial charge < -0.3 is 10.6 Å². The van der Waals surface area contributed by atoms with E-state index in [2.05, 4.69) is 22.9 Å². The lowest BCUT2D eigenvalue weighted by molar-refractivity contribution is 0.0572. The number of nitrogens with two attached hydrogens (primary N) is 1. The van der Waals surface area contributed by atoms with Crippen molar-refractivity contribution in [3.63, 3.8) is 0 Å². The van der Waals surface area contributed by atoms with Crippen molar-refractivity contribution >= 4 is 34.2 Å². The summed E-state index contributed by atoms with van der Waals surface area (Å²) in [6, 6.07) is 4.22. The Morgan fingerprint density at radius 3 is 2.90 bits per heavy atom. The van der Waals surface area contributed by atoms with Crippen LogP contribution in [0.3, 0.4) is 0 Å². The monoisotopic (exact) mass is 364 g/mol. The fourth-order valence-electron chi connectivity index (χ4n) is 2.56. The van der Waals surface area contributed by atoms with Crippen molar-refractivity contribution < 1.29 is 9.18 Å². The lowest BCUT2D eigenvalue weighted by atomic mass is 9.92. The summed E-state index contributed by atoms with van der Waals surface area (Å²) in [5, 5.41) is 0. The molecule has 0 aromatic heterocycles. The van der Waals surface area contributed by atoms with Crippen LogP contribution in [0.4, 0.5) is 4.39 Å². The fourth-order valence-corrected chi connectivity index (χ4v) is 2.97. The number of piperidine rings is 1. The maximum absolute atomic E-state index is 13.3. The van der Waals surface area contributed by atoms with E-state index in [0.717, 1.165) is 12.8 Å². The molecular formula is C14H19BrClFN2O. The molecule has 1 aromatic carbocycles. The summed E-state index contributed by atoms with van der Waals surface area (Å²) in [6.45, 7) is 3.30. The second-order valence-corrected chi connectivity index (χ2v) is 6.00. The molecule has 2 unspecified atom stereocenters. The minimum Gasteiger partial charge on any atom is -0.334 e. The van der Waals surface area contributed by atoms with Crippen LogP contribution in [0.15, 0.2) is 22.7 Å². The fraction of sp³-hybridized carbons (Fsp3) is 0.500. The predicted octanol–water partition coefficient (Wildman–Crippen LogP) is 3.21. The molecular weight excluding hydrogens is 347 g/mol. The molecule has 6 heteroatoms. The van der Waals surface area contributed by atoms with Crippen molar-refractivity contribution in [2.24, 2.45) is 11.7 Å². The Morgan fingerprint density at radius 1 is 1.55 bits per heavy atom. The van der Waals surface area contributed by atoms with Gasteiger partial charge in [0, 0.05) is 23.6 Å². The van der Waals surface area contributed by atoms with E-state index >= 15 is 0 Å². The molecule has 3 nitrogen and oxygen atoms in total. The van der Waals surface area contributed by atoms with Gasteiger partial charge >= 0.3 is 0 Å². The molecule has 0 saturated carbocycles. The number of nitrogens with zero attached hydrogens (tertiary/aromatic N) is 1. The highest BCUT2D eigenvalue weighted by molar-refractivity contribution is 9.10. The first-order chi connectivity index (χ1) is 9.02. The molecule has 1 amide bonds. The maximum atomic E-state index is 13.3. The number of amides is 1. The topological polar surface area (TPSA) is 46.3 Å². The van der Waals surface area contributed by atoms with E-state index in [9.17, 15) is 9.18 Å². The SMILES string of the molecule is CC1CCN(C(=O)c2cc(F)ccc2Br)C(CN)C1.Cl. The van der Waals surface area contributed by atoms with Crippen molar-refractivity contribution in [1.29, 1.82) is 0 Å². The number of halogens is 3. The first-order valence-corrected chi connectivity index (χ1v) is 7.28. The average Bonchev–Trinajstić information content (AvgIpc) is 2.40. The Labute approximate surface area is 133 Å².